The van der Waals surface area contributed by atoms with Crippen LogP contribution in [0.15, 0.2) is 5.16 Å². The van der Waals surface area contributed by atoms with Gasteiger partial charge in [0.25, 0.3) is 0 Å². The Kier molecular flexibility index (Phi) is 21.5. The number of aliphatic hydroxyl groups is 5. The van der Waals surface area contributed by atoms with Crippen molar-refractivity contribution in [3.05, 3.63) is 0 Å². The number of oxime groups is 1. The Labute approximate surface area is 373 Å². The minimum atomic E-state index is -1.92. The predicted molar refractivity (Wildman–Crippen MR) is 237 cm³/mol. The predicted octanol–water partition coefficient (Wildman–Crippen LogP) is 5.73. The van der Waals surface area contributed by atoms with Crippen LogP contribution in [0.25, 0.3) is 0 Å². The molecule has 3 aliphatic heterocycles. The number of carbonyl (C=O) groups excluding carboxylic acids is 1. The van der Waals surface area contributed by atoms with Crippen LogP contribution in [0.2, 0.25) is 0 Å². The Morgan fingerprint density at radius 3 is 2.02 bits per heavy atom. The van der Waals surface area contributed by atoms with Gasteiger partial charge in [-0.25, -0.2) is 0 Å². The van der Waals surface area contributed by atoms with Crippen LogP contribution >= 0.6 is 0 Å². The highest BCUT2D eigenvalue weighted by atomic mass is 16.7. The van der Waals surface area contributed by atoms with Crippen LogP contribution in [0.3, 0.4) is 0 Å². The molecule has 0 radical (unpaired) electrons. The lowest BCUT2D eigenvalue weighted by molar-refractivity contribution is -0.317. The summed E-state index contributed by atoms with van der Waals surface area (Å²) < 4.78 is 37.9. The van der Waals surface area contributed by atoms with Crippen LogP contribution in [0, 0.1) is 23.7 Å². The normalized spacial score (nSPS) is 43.6. The number of aliphatic hydroxyl groups excluding tert-OH is 3. The van der Waals surface area contributed by atoms with Gasteiger partial charge in [-0.1, -0.05) is 78.3 Å². The molecular weight excluding hydrogens is 801 g/mol. The fourth-order valence-electron chi connectivity index (χ4n) is 10.0. The molecule has 3 rings (SSSR count). The minimum absolute atomic E-state index is 0.0320. The molecule has 18 atom stereocenters. The molecule has 62 heavy (non-hydrogen) atoms. The van der Waals surface area contributed by atoms with Gasteiger partial charge in [-0.15, -0.1) is 0 Å². The summed E-state index contributed by atoms with van der Waals surface area (Å²) in [5.74, 6) is -3.90. The molecule has 0 bridgehead atoms. The van der Waals surface area contributed by atoms with Crippen LogP contribution in [-0.4, -0.2) is 154 Å². The number of likely N-dealkylation sites (N-methyl/N-ethyl adjacent to an activating group) is 1. The zero-order valence-electron chi connectivity index (χ0n) is 40.7. The lowest BCUT2D eigenvalue weighted by Crippen LogP contribution is -2.61. The van der Waals surface area contributed by atoms with E-state index in [0.717, 1.165) is 19.3 Å². The Bertz CT molecular complexity index is 1370. The zero-order valence-corrected chi connectivity index (χ0v) is 40.7. The van der Waals surface area contributed by atoms with Crippen molar-refractivity contribution < 1.29 is 63.6 Å². The number of cyclic esters (lactones) is 1. The molecule has 0 aromatic rings. The van der Waals surface area contributed by atoms with Crippen molar-refractivity contribution in [2.45, 2.75) is 237 Å². The first-order chi connectivity index (χ1) is 29.0. The Balaban J connectivity index is 2.14. The first kappa shape index (κ1) is 54.8. The van der Waals surface area contributed by atoms with Gasteiger partial charge in [0.1, 0.15) is 30.5 Å². The lowest BCUT2D eigenvalue weighted by atomic mass is 9.73. The van der Waals surface area contributed by atoms with Gasteiger partial charge in [0.15, 0.2) is 12.6 Å². The number of esters is 1. The monoisotopic (exact) mass is 889 g/mol. The van der Waals surface area contributed by atoms with E-state index in [1.54, 1.807) is 41.5 Å². The molecule has 0 aliphatic carbocycles. The fourth-order valence-corrected chi connectivity index (χ4v) is 10.0. The van der Waals surface area contributed by atoms with Crippen molar-refractivity contribution >= 4 is 11.7 Å². The van der Waals surface area contributed by atoms with Gasteiger partial charge < -0.3 is 63.7 Å². The fraction of sp³-hybridized carbons (Fsp3) is 0.957. The van der Waals surface area contributed by atoms with Crippen molar-refractivity contribution in [3.8, 4) is 0 Å². The highest BCUT2D eigenvalue weighted by molar-refractivity contribution is 5.88. The maximum absolute atomic E-state index is 14.4. The van der Waals surface area contributed by atoms with Crippen molar-refractivity contribution in [2.24, 2.45) is 28.8 Å². The SMILES string of the molecule is CCCCCCCCCCO/N=C1\[C@H](C)CC(C)(O)[C@H](O[C@@H]2O[C@H](C)C[C@H](N(C)C)[C@H]2O)[C@@H](C)[C@H](OC2C[C@@](C)(OC)[C@@H](O)[C@H](C)O2)[C@@H](C)C(=O)O[C@H](CC)[C@@](C)(O)[C@H](O)[C@H]1C. The number of hydrogen-bond donors (Lipinski definition) is 5. The molecule has 0 aromatic heterocycles. The number of rotatable bonds is 17. The summed E-state index contributed by atoms with van der Waals surface area (Å²) in [4.78, 5) is 22.3. The van der Waals surface area contributed by atoms with Crippen molar-refractivity contribution in [1.29, 1.82) is 0 Å². The van der Waals surface area contributed by atoms with Gasteiger partial charge in [-0.05, 0) is 87.7 Å². The summed E-state index contributed by atoms with van der Waals surface area (Å²) in [5.41, 5.74) is -4.27. The molecule has 3 aliphatic rings. The molecule has 15 heteroatoms. The van der Waals surface area contributed by atoms with Crippen molar-refractivity contribution in [3.63, 3.8) is 0 Å². The number of nitrogens with zero attached hydrogens (tertiary/aromatic N) is 2. The first-order valence-electron chi connectivity index (χ1n) is 23.7. The van der Waals surface area contributed by atoms with Gasteiger partial charge in [-0.3, -0.25) is 4.79 Å². The number of unbranched alkanes of at least 4 members (excludes halogenated alkanes) is 7. The van der Waals surface area contributed by atoms with Gasteiger partial charge >= 0.3 is 5.97 Å². The number of ether oxygens (including phenoxy) is 6. The van der Waals surface area contributed by atoms with E-state index < -0.39 is 102 Å². The molecule has 3 fully saturated rings. The number of hydrogen-bond acceptors (Lipinski definition) is 15. The molecule has 5 N–H and O–H groups in total. The van der Waals surface area contributed by atoms with E-state index in [1.807, 2.05) is 39.8 Å². The average molecular weight is 889 g/mol. The molecule has 3 saturated heterocycles. The van der Waals surface area contributed by atoms with Gasteiger partial charge in [0, 0.05) is 37.3 Å². The van der Waals surface area contributed by atoms with E-state index >= 15 is 0 Å². The van der Waals surface area contributed by atoms with E-state index in [9.17, 15) is 30.3 Å². The standard InChI is InChI=1S/C47H88N2O13/c1-15-17-18-19-20-21-22-23-24-57-48-37-28(3)26-45(9,54)42(62-44-38(50)34(49(12)13)25-29(4)58-44)31(6)39(61-36-27-46(10,56-14)41(52)33(8)59-36)32(7)43(53)60-35(16-2)47(11,55)40(51)30(37)5/h28-36,38-42,44,50-52,54-55H,15-27H2,1-14H3/b48-37+/t28-,29-,30+,31+,32-,33+,34+,35-,36?,38-,39+,40-,41+,42-,44+,45?,46-,47-/m1/s1. The number of carbonyl (C=O) groups is 1. The smallest absolute Gasteiger partial charge is 0.311 e. The maximum atomic E-state index is 14.4. The second-order valence-corrected chi connectivity index (χ2v) is 19.9. The maximum Gasteiger partial charge on any atom is 0.311 e. The molecule has 0 spiro atoms. The Morgan fingerprint density at radius 2 is 1.44 bits per heavy atom. The van der Waals surface area contributed by atoms with Crippen molar-refractivity contribution in [1.82, 2.24) is 4.90 Å². The molecule has 0 aromatic carbocycles. The molecule has 0 amide bonds. The van der Waals surface area contributed by atoms with E-state index in [-0.39, 0.29) is 31.4 Å². The third kappa shape index (κ3) is 14.0. The molecule has 364 valence electrons. The largest absolute Gasteiger partial charge is 0.459 e. The second kappa shape index (κ2) is 24.3. The highest BCUT2D eigenvalue weighted by Gasteiger charge is 2.53. The summed E-state index contributed by atoms with van der Waals surface area (Å²) in [6, 6.07) is -0.310. The van der Waals surface area contributed by atoms with Crippen LogP contribution in [0.1, 0.15) is 153 Å². The molecule has 0 saturated carbocycles. The Morgan fingerprint density at radius 1 is 0.823 bits per heavy atom. The zero-order chi connectivity index (χ0) is 46.7. The minimum Gasteiger partial charge on any atom is -0.459 e. The summed E-state index contributed by atoms with van der Waals surface area (Å²) in [5, 5.41) is 64.3. The third-order valence-electron chi connectivity index (χ3n) is 14.1. The van der Waals surface area contributed by atoms with E-state index in [2.05, 4.69) is 12.1 Å². The first-order valence-corrected chi connectivity index (χ1v) is 23.7. The van der Waals surface area contributed by atoms with Crippen LogP contribution in [0.5, 0.6) is 0 Å². The van der Waals surface area contributed by atoms with E-state index in [4.69, 9.17) is 33.3 Å². The molecule has 2 unspecified atom stereocenters. The van der Waals surface area contributed by atoms with Gasteiger partial charge in [0.2, 0.25) is 0 Å². The summed E-state index contributed by atoms with van der Waals surface area (Å²) in [6.07, 6.45) is -0.0857. The highest BCUT2D eigenvalue weighted by Crippen LogP contribution is 2.41. The summed E-state index contributed by atoms with van der Waals surface area (Å²) in [6.45, 7) is 19.9. The van der Waals surface area contributed by atoms with Crippen LogP contribution < -0.4 is 0 Å². The van der Waals surface area contributed by atoms with E-state index in [1.165, 1.54) is 46.1 Å². The lowest BCUT2D eigenvalue weighted by Gasteiger charge is -2.49. The quantitative estimate of drug-likeness (QED) is 0.0674. The second-order valence-electron chi connectivity index (χ2n) is 19.9. The average Bonchev–Trinajstić information content (AvgIpc) is 3.21. The van der Waals surface area contributed by atoms with Gasteiger partial charge in [0.05, 0.1) is 53.4 Å². The molecule has 3 heterocycles. The molecule has 15 nitrogen and oxygen atoms in total. The van der Waals surface area contributed by atoms with E-state index in [0.29, 0.717) is 18.7 Å². The Hall–Kier alpha value is -1.50. The van der Waals surface area contributed by atoms with Crippen molar-refractivity contribution in [2.75, 3.05) is 27.8 Å². The number of methoxy groups -OCH3 is 1. The summed E-state index contributed by atoms with van der Waals surface area (Å²) >= 11 is 0. The third-order valence-corrected chi connectivity index (χ3v) is 14.1. The molecular formula is C47H88N2O13. The van der Waals surface area contributed by atoms with Gasteiger partial charge in [-0.2, -0.15) is 0 Å². The van der Waals surface area contributed by atoms with Crippen LogP contribution in [0.4, 0.5) is 0 Å². The topological polar surface area (TPSA) is 198 Å². The summed E-state index contributed by atoms with van der Waals surface area (Å²) in [7, 11) is 5.27. The van der Waals surface area contributed by atoms with Crippen LogP contribution in [-0.2, 0) is 38.1 Å².